The van der Waals surface area contributed by atoms with Crippen LogP contribution in [0, 0.1) is 10.4 Å². The third kappa shape index (κ3) is 23.9. The molecule has 3 N–H and O–H groups in total. The molecule has 0 saturated heterocycles. The second kappa shape index (κ2) is 22.2. The first-order chi connectivity index (χ1) is 13.6. The Labute approximate surface area is 176 Å². The summed E-state index contributed by atoms with van der Waals surface area (Å²) in [7, 11) is 0. The summed E-state index contributed by atoms with van der Waals surface area (Å²) < 4.78 is 0. The van der Waals surface area contributed by atoms with Crippen LogP contribution in [0.3, 0.4) is 0 Å². The Balaban J connectivity index is -0.000000993. The summed E-state index contributed by atoms with van der Waals surface area (Å²) in [5, 5.41) is 33.0. The van der Waals surface area contributed by atoms with Gasteiger partial charge >= 0.3 is 0 Å². The second-order valence-electron chi connectivity index (χ2n) is 6.99. The van der Waals surface area contributed by atoms with E-state index in [0.29, 0.717) is 19.0 Å². The first-order valence-electron chi connectivity index (χ1n) is 10.4. The molecule has 0 aromatic carbocycles. The zero-order valence-corrected chi connectivity index (χ0v) is 19.6. The van der Waals surface area contributed by atoms with Gasteiger partial charge in [-0.15, -0.1) is 5.01 Å². The lowest BCUT2D eigenvalue weighted by atomic mass is 10.3. The van der Waals surface area contributed by atoms with Crippen LogP contribution in [-0.2, 0) is 9.59 Å². The summed E-state index contributed by atoms with van der Waals surface area (Å²) in [4.78, 5) is 23.1. The van der Waals surface area contributed by atoms with Gasteiger partial charge in [-0.05, 0) is 19.1 Å². The second-order valence-corrected chi connectivity index (χ2v) is 6.99. The molecule has 29 heavy (non-hydrogen) atoms. The highest BCUT2D eigenvalue weighted by Gasteiger charge is 2.17. The van der Waals surface area contributed by atoms with Crippen molar-refractivity contribution in [1.82, 2.24) is 21.0 Å². The van der Waals surface area contributed by atoms with E-state index in [9.17, 15) is 20.0 Å². The van der Waals surface area contributed by atoms with Gasteiger partial charge in [0, 0.05) is 30.4 Å². The molecule has 0 aromatic heterocycles. The molecular formula is C19H43N6O4-. The number of amides is 2. The standard InChI is InChI=1S/C13H28N6O4.2C3H8/c1-10(2)14-7-5-12(20)15-9-16-13(21)6-8-18(11(3)4)19(23)17-22;2*1-3-2/h10-11,14,22H,5-9H2,1-4H3,(H,15,20)(H,16,21);2*3H2,1-2H3/p-1/b19-17-;;. The Kier molecular flexibility index (Phi) is 24.2. The van der Waals surface area contributed by atoms with Gasteiger partial charge in [0.25, 0.3) is 0 Å². The maximum atomic E-state index is 11.6. The molecule has 0 atom stereocenters. The molecule has 10 heteroatoms. The summed E-state index contributed by atoms with van der Waals surface area (Å²) in [6.45, 7) is 16.5. The molecule has 10 nitrogen and oxygen atoms in total. The first kappa shape index (κ1) is 31.6. The zero-order chi connectivity index (χ0) is 23.2. The topological polar surface area (TPSA) is 135 Å². The highest BCUT2D eigenvalue weighted by molar-refractivity contribution is 5.78. The summed E-state index contributed by atoms with van der Waals surface area (Å²) in [6, 6.07) is 0.0546. The van der Waals surface area contributed by atoms with Crippen LogP contribution in [-0.4, -0.2) is 53.6 Å². The van der Waals surface area contributed by atoms with Crippen molar-refractivity contribution in [3.05, 3.63) is 10.4 Å². The van der Waals surface area contributed by atoms with E-state index in [-0.39, 0.29) is 42.5 Å². The largest absolute Gasteiger partial charge is 0.737 e. The minimum Gasteiger partial charge on any atom is -0.737 e. The number of nitrogens with one attached hydrogen (secondary N) is 3. The molecule has 0 spiro atoms. The number of carbonyl (C=O) groups excluding carboxylic acids is 2. The van der Waals surface area contributed by atoms with Gasteiger partial charge in [0.05, 0.1) is 19.3 Å². The Bertz CT molecular complexity index is 429. The molecule has 2 amide bonds. The maximum Gasteiger partial charge on any atom is 0.223 e. The molecule has 0 aliphatic carbocycles. The lowest BCUT2D eigenvalue weighted by Crippen LogP contribution is -2.42. The molecule has 0 rings (SSSR count). The van der Waals surface area contributed by atoms with E-state index >= 15 is 0 Å². The van der Waals surface area contributed by atoms with Crippen LogP contribution < -0.4 is 16.0 Å². The highest BCUT2D eigenvalue weighted by Crippen LogP contribution is 2.00. The van der Waals surface area contributed by atoms with Crippen LogP contribution >= 0.6 is 0 Å². The van der Waals surface area contributed by atoms with Gasteiger partial charge < -0.3 is 26.4 Å². The fraction of sp³-hybridized carbons (Fsp3) is 0.895. The number of carbonyl (C=O) groups is 2. The predicted molar refractivity (Wildman–Crippen MR) is 117 cm³/mol. The van der Waals surface area contributed by atoms with Crippen molar-refractivity contribution in [2.24, 2.45) is 5.28 Å². The van der Waals surface area contributed by atoms with Gasteiger partial charge in [0.15, 0.2) is 0 Å². The van der Waals surface area contributed by atoms with Crippen LogP contribution in [0.15, 0.2) is 5.28 Å². The Morgan fingerprint density at radius 3 is 1.79 bits per heavy atom. The molecule has 0 aliphatic heterocycles. The smallest absolute Gasteiger partial charge is 0.223 e. The van der Waals surface area contributed by atoms with E-state index in [2.05, 4.69) is 48.9 Å². The van der Waals surface area contributed by atoms with Crippen molar-refractivity contribution in [2.45, 2.75) is 93.2 Å². The van der Waals surface area contributed by atoms with E-state index < -0.39 is 0 Å². The lowest BCUT2D eigenvalue weighted by molar-refractivity contribution is -0.697. The normalized spacial score (nSPS) is 10.5. The average molecular weight is 420 g/mol. The van der Waals surface area contributed by atoms with Gasteiger partial charge in [-0.1, -0.05) is 54.4 Å². The summed E-state index contributed by atoms with van der Waals surface area (Å²) in [6.07, 6.45) is 2.84. The van der Waals surface area contributed by atoms with Crippen LogP contribution in [0.4, 0.5) is 0 Å². The summed E-state index contributed by atoms with van der Waals surface area (Å²) in [5.41, 5.74) is 0. The Morgan fingerprint density at radius 1 is 0.966 bits per heavy atom. The van der Waals surface area contributed by atoms with Gasteiger partial charge in [0.1, 0.15) is 0 Å². The molecule has 174 valence electrons. The molecule has 0 fully saturated rings. The van der Waals surface area contributed by atoms with Crippen molar-refractivity contribution in [3.8, 4) is 0 Å². The van der Waals surface area contributed by atoms with Gasteiger partial charge in [-0.25, -0.2) is 0 Å². The van der Waals surface area contributed by atoms with E-state index in [4.69, 9.17) is 0 Å². The summed E-state index contributed by atoms with van der Waals surface area (Å²) in [5.74, 6) is -0.506. The minimum atomic E-state index is -0.337. The first-order valence-corrected chi connectivity index (χ1v) is 10.4. The van der Waals surface area contributed by atoms with Crippen molar-refractivity contribution in [3.63, 3.8) is 0 Å². The third-order valence-corrected chi connectivity index (χ3v) is 2.93. The monoisotopic (exact) mass is 419 g/mol. The molecule has 0 saturated carbocycles. The minimum absolute atomic E-state index is 0.0111. The molecule has 0 aliphatic rings. The van der Waals surface area contributed by atoms with Crippen LogP contribution in [0.2, 0.25) is 0 Å². The van der Waals surface area contributed by atoms with Gasteiger partial charge in [-0.2, -0.15) is 0 Å². The predicted octanol–water partition coefficient (Wildman–Crippen LogP) is 2.87. The number of hydrogen-bond donors (Lipinski definition) is 3. The molecular weight excluding hydrogens is 376 g/mol. The van der Waals surface area contributed by atoms with E-state index in [1.165, 1.54) is 12.8 Å². The van der Waals surface area contributed by atoms with E-state index in [1.54, 1.807) is 13.8 Å². The molecule has 0 bridgehead atoms. The number of rotatable bonds is 11. The molecule has 0 radical (unpaired) electrons. The maximum absolute atomic E-state index is 11.6. The van der Waals surface area contributed by atoms with Crippen LogP contribution in [0.5, 0.6) is 0 Å². The summed E-state index contributed by atoms with van der Waals surface area (Å²) >= 11 is 0. The Hall–Kier alpha value is -2.10. The number of hydrogen-bond acceptors (Lipinski definition) is 6. The van der Waals surface area contributed by atoms with Gasteiger partial charge in [0.2, 0.25) is 11.8 Å². The van der Waals surface area contributed by atoms with Crippen molar-refractivity contribution in [1.29, 1.82) is 0 Å². The van der Waals surface area contributed by atoms with E-state index in [0.717, 1.165) is 5.01 Å². The fourth-order valence-corrected chi connectivity index (χ4v) is 1.70. The van der Waals surface area contributed by atoms with Crippen molar-refractivity contribution in [2.75, 3.05) is 19.8 Å². The van der Waals surface area contributed by atoms with Crippen molar-refractivity contribution < 1.29 is 14.6 Å². The highest BCUT2D eigenvalue weighted by atomic mass is 16.6. The lowest BCUT2D eigenvalue weighted by Gasteiger charge is -2.22. The molecule has 0 aromatic rings. The quantitative estimate of drug-likeness (QED) is 0.204. The van der Waals surface area contributed by atoms with E-state index in [1.807, 2.05) is 13.8 Å². The van der Waals surface area contributed by atoms with Crippen LogP contribution in [0.25, 0.3) is 0 Å². The molecule has 0 heterocycles. The zero-order valence-electron chi connectivity index (χ0n) is 19.6. The number of hydrazine groups is 1. The SMILES string of the molecule is CC(C)NCCC(=O)NCNC(=O)CCN(C(C)C)/[N+]([O-])=N/[O-].CCC.CCC. The van der Waals surface area contributed by atoms with Crippen molar-refractivity contribution >= 4 is 11.8 Å². The van der Waals surface area contributed by atoms with Crippen LogP contribution in [0.1, 0.15) is 81.1 Å². The fourth-order valence-electron chi connectivity index (χ4n) is 1.70. The van der Waals surface area contributed by atoms with Gasteiger partial charge in [-0.3, -0.25) is 9.59 Å². The molecule has 0 unspecified atom stereocenters. The third-order valence-electron chi connectivity index (χ3n) is 2.93. The number of nitrogens with zero attached hydrogens (tertiary/aromatic N) is 3. The average Bonchev–Trinajstić information content (AvgIpc) is 2.62. The Morgan fingerprint density at radius 2 is 1.41 bits per heavy atom.